The number of anilines is 1. The van der Waals surface area contributed by atoms with Gasteiger partial charge in [-0.15, -0.1) is 0 Å². The number of aliphatic hydroxyl groups excluding tert-OH is 1. The molecule has 0 radical (unpaired) electrons. The van der Waals surface area contributed by atoms with Gasteiger partial charge < -0.3 is 24.2 Å². The number of aliphatic hydroxyl groups is 1. The van der Waals surface area contributed by atoms with Gasteiger partial charge in [-0.3, -0.25) is 0 Å². The monoisotopic (exact) mass is 459 g/mol. The van der Waals surface area contributed by atoms with E-state index in [2.05, 4.69) is 0 Å². The van der Waals surface area contributed by atoms with Crippen LogP contribution >= 0.6 is 0 Å². The van der Waals surface area contributed by atoms with E-state index in [-0.39, 0.29) is 24.7 Å². The molecule has 1 aliphatic rings. The van der Waals surface area contributed by atoms with Gasteiger partial charge in [0.1, 0.15) is 11.5 Å². The van der Waals surface area contributed by atoms with Gasteiger partial charge in [-0.05, 0) is 30.7 Å². The zero-order chi connectivity index (χ0) is 24.0. The summed E-state index contributed by atoms with van der Waals surface area (Å²) in [5.41, 5.74) is 1.36. The number of benzene rings is 3. The number of methoxy groups -OCH3 is 1. The van der Waals surface area contributed by atoms with E-state index in [1.165, 1.54) is 0 Å². The molecule has 1 aliphatic heterocycles. The Morgan fingerprint density at radius 1 is 0.941 bits per heavy atom. The SMILES string of the molecule is CCCN(C1=C(O)CC(c2ccccc2)(c2ccc(OCOC)cc2)OC1=O)c1ccccc1. The van der Waals surface area contributed by atoms with Crippen LogP contribution in [0, 0.1) is 0 Å². The third-order valence-corrected chi connectivity index (χ3v) is 5.84. The van der Waals surface area contributed by atoms with Crippen LogP contribution in [0.2, 0.25) is 0 Å². The predicted octanol–water partition coefficient (Wildman–Crippen LogP) is 5.55. The van der Waals surface area contributed by atoms with E-state index in [0.717, 1.165) is 23.2 Å². The maximum Gasteiger partial charge on any atom is 0.359 e. The molecule has 0 aromatic heterocycles. The van der Waals surface area contributed by atoms with Gasteiger partial charge in [0.15, 0.2) is 18.1 Å². The van der Waals surface area contributed by atoms with Crippen molar-refractivity contribution in [3.63, 3.8) is 0 Å². The minimum Gasteiger partial charge on any atom is -0.510 e. The molecule has 6 heteroatoms. The highest BCUT2D eigenvalue weighted by atomic mass is 16.7. The van der Waals surface area contributed by atoms with E-state index in [1.54, 1.807) is 19.2 Å². The Kier molecular flexibility index (Phi) is 7.18. The second kappa shape index (κ2) is 10.4. The molecule has 0 spiro atoms. The molecule has 6 nitrogen and oxygen atoms in total. The summed E-state index contributed by atoms with van der Waals surface area (Å²) in [6, 6.07) is 26.4. The minimum absolute atomic E-state index is 0.00267. The summed E-state index contributed by atoms with van der Waals surface area (Å²) in [6.45, 7) is 2.74. The summed E-state index contributed by atoms with van der Waals surface area (Å²) in [5, 5.41) is 11.3. The second-order valence-electron chi connectivity index (χ2n) is 8.12. The van der Waals surface area contributed by atoms with Crippen molar-refractivity contribution in [2.45, 2.75) is 25.4 Å². The fraction of sp³-hybridized carbons (Fsp3) is 0.250. The molecule has 176 valence electrons. The van der Waals surface area contributed by atoms with Crippen LogP contribution in [0.15, 0.2) is 96.4 Å². The Morgan fingerprint density at radius 2 is 1.56 bits per heavy atom. The first-order valence-corrected chi connectivity index (χ1v) is 11.3. The first kappa shape index (κ1) is 23.4. The number of carbonyl (C=O) groups excluding carboxylic acids is 1. The van der Waals surface area contributed by atoms with Gasteiger partial charge in [-0.25, -0.2) is 4.79 Å². The first-order valence-electron chi connectivity index (χ1n) is 11.3. The molecule has 1 N–H and O–H groups in total. The van der Waals surface area contributed by atoms with E-state index < -0.39 is 11.6 Å². The van der Waals surface area contributed by atoms with Crippen LogP contribution in [0.4, 0.5) is 5.69 Å². The normalized spacial score (nSPS) is 17.9. The summed E-state index contributed by atoms with van der Waals surface area (Å²) in [6.07, 6.45) is 0.912. The molecule has 0 amide bonds. The van der Waals surface area contributed by atoms with Crippen molar-refractivity contribution < 1.29 is 24.1 Å². The molecule has 1 heterocycles. The quantitative estimate of drug-likeness (QED) is 0.334. The molecule has 1 atom stereocenters. The average Bonchev–Trinajstić information content (AvgIpc) is 2.88. The average molecular weight is 460 g/mol. The lowest BCUT2D eigenvalue weighted by atomic mass is 9.81. The lowest BCUT2D eigenvalue weighted by molar-refractivity contribution is -0.155. The topological polar surface area (TPSA) is 68.2 Å². The highest BCUT2D eigenvalue weighted by Gasteiger charge is 2.46. The molecule has 0 saturated carbocycles. The molecule has 0 aliphatic carbocycles. The molecule has 3 aromatic carbocycles. The number of nitrogens with zero attached hydrogens (tertiary/aromatic N) is 1. The smallest absolute Gasteiger partial charge is 0.359 e. The first-order chi connectivity index (χ1) is 16.6. The molecular weight excluding hydrogens is 430 g/mol. The molecule has 4 rings (SSSR count). The van der Waals surface area contributed by atoms with E-state index in [0.29, 0.717) is 12.3 Å². The van der Waals surface area contributed by atoms with Crippen molar-refractivity contribution in [2.24, 2.45) is 0 Å². The molecule has 1 unspecified atom stereocenters. The highest BCUT2D eigenvalue weighted by molar-refractivity contribution is 5.95. The van der Waals surface area contributed by atoms with E-state index in [4.69, 9.17) is 14.2 Å². The Morgan fingerprint density at radius 3 is 2.15 bits per heavy atom. The molecular formula is C28H29NO5. The van der Waals surface area contributed by atoms with Crippen molar-refractivity contribution in [3.05, 3.63) is 108 Å². The minimum atomic E-state index is -1.17. The van der Waals surface area contributed by atoms with Gasteiger partial charge in [-0.2, -0.15) is 0 Å². The number of para-hydroxylation sites is 1. The lowest BCUT2D eigenvalue weighted by Crippen LogP contribution is -2.43. The molecule has 0 fully saturated rings. The van der Waals surface area contributed by atoms with Crippen LogP contribution in [0.5, 0.6) is 5.75 Å². The Hall–Kier alpha value is -3.77. The Balaban J connectivity index is 1.78. The summed E-state index contributed by atoms with van der Waals surface area (Å²) in [7, 11) is 1.56. The van der Waals surface area contributed by atoms with Gasteiger partial charge >= 0.3 is 5.97 Å². The molecule has 0 bridgehead atoms. The van der Waals surface area contributed by atoms with Crippen LogP contribution in [0.25, 0.3) is 0 Å². The number of cyclic esters (lactones) is 1. The summed E-state index contributed by atoms with van der Waals surface area (Å²) in [5.74, 6) is 0.0660. The van der Waals surface area contributed by atoms with Gasteiger partial charge in [0.2, 0.25) is 0 Å². The number of esters is 1. The van der Waals surface area contributed by atoms with Crippen LogP contribution < -0.4 is 9.64 Å². The fourth-order valence-corrected chi connectivity index (χ4v) is 4.29. The van der Waals surface area contributed by atoms with Gasteiger partial charge in [0.05, 0.1) is 6.42 Å². The van der Waals surface area contributed by atoms with Crippen LogP contribution in [0.3, 0.4) is 0 Å². The van der Waals surface area contributed by atoms with Crippen LogP contribution in [0.1, 0.15) is 30.9 Å². The number of hydrogen-bond acceptors (Lipinski definition) is 6. The van der Waals surface area contributed by atoms with Crippen molar-refractivity contribution in [2.75, 3.05) is 25.3 Å². The Labute approximate surface area is 200 Å². The van der Waals surface area contributed by atoms with Crippen molar-refractivity contribution in [1.82, 2.24) is 0 Å². The van der Waals surface area contributed by atoms with Gasteiger partial charge in [-0.1, -0.05) is 67.6 Å². The maximum atomic E-state index is 13.5. The van der Waals surface area contributed by atoms with Crippen LogP contribution in [-0.2, 0) is 19.9 Å². The zero-order valence-corrected chi connectivity index (χ0v) is 19.4. The number of rotatable bonds is 9. The lowest BCUT2D eigenvalue weighted by Gasteiger charge is -2.40. The standard InChI is InChI=1S/C28H29NO5/c1-3-18-29(23-12-8-5-9-13-23)26-25(30)19-28(34-27(26)31,21-10-6-4-7-11-21)22-14-16-24(17-15-22)33-20-32-2/h4-17,30H,3,18-20H2,1-2H3. The van der Waals surface area contributed by atoms with E-state index in [1.807, 2.05) is 84.6 Å². The zero-order valence-electron chi connectivity index (χ0n) is 19.4. The number of carbonyl (C=O) groups is 1. The van der Waals surface area contributed by atoms with Crippen molar-refractivity contribution in [3.8, 4) is 5.75 Å². The predicted molar refractivity (Wildman–Crippen MR) is 131 cm³/mol. The van der Waals surface area contributed by atoms with Gasteiger partial charge in [0, 0.05) is 30.5 Å². The highest BCUT2D eigenvalue weighted by Crippen LogP contribution is 2.44. The van der Waals surface area contributed by atoms with Gasteiger partial charge in [0.25, 0.3) is 0 Å². The largest absolute Gasteiger partial charge is 0.510 e. The van der Waals surface area contributed by atoms with Crippen molar-refractivity contribution >= 4 is 11.7 Å². The second-order valence-corrected chi connectivity index (χ2v) is 8.12. The third-order valence-electron chi connectivity index (χ3n) is 5.84. The van der Waals surface area contributed by atoms with Crippen LogP contribution in [-0.4, -0.2) is 31.5 Å². The number of ether oxygens (including phenoxy) is 3. The van der Waals surface area contributed by atoms with E-state index in [9.17, 15) is 9.90 Å². The maximum absolute atomic E-state index is 13.5. The molecule has 3 aromatic rings. The molecule has 34 heavy (non-hydrogen) atoms. The third kappa shape index (κ3) is 4.63. The summed E-state index contributed by atoms with van der Waals surface area (Å²) < 4.78 is 16.7. The fourth-order valence-electron chi connectivity index (χ4n) is 4.29. The van der Waals surface area contributed by atoms with E-state index >= 15 is 0 Å². The summed E-state index contributed by atoms with van der Waals surface area (Å²) in [4.78, 5) is 15.4. The number of hydrogen-bond donors (Lipinski definition) is 1. The van der Waals surface area contributed by atoms with Crippen molar-refractivity contribution in [1.29, 1.82) is 0 Å². The molecule has 0 saturated heterocycles. The Bertz CT molecular complexity index is 1130. The summed E-state index contributed by atoms with van der Waals surface area (Å²) >= 11 is 0.